The average Bonchev–Trinajstić information content (AvgIpc) is 1.95. The van der Waals surface area contributed by atoms with Gasteiger partial charge in [0.2, 0.25) is 0 Å². The lowest BCUT2D eigenvalue weighted by atomic mass is 9.78. The molecule has 58 valence electrons. The molecular formula is C9H16O. The Bertz CT molecular complexity index is 129. The third-order valence-electron chi connectivity index (χ3n) is 2.74. The topological polar surface area (TPSA) is 17.1 Å². The van der Waals surface area contributed by atoms with Crippen LogP contribution in [0.4, 0.5) is 0 Å². The van der Waals surface area contributed by atoms with Crippen LogP contribution in [0.3, 0.4) is 0 Å². The number of carbonyl (C=O) groups is 1. The maximum atomic E-state index is 11.2. The van der Waals surface area contributed by atoms with Crippen molar-refractivity contribution in [3.63, 3.8) is 0 Å². The summed E-state index contributed by atoms with van der Waals surface area (Å²) in [6.45, 7) is 4.26. The summed E-state index contributed by atoms with van der Waals surface area (Å²) in [4.78, 5) is 11.2. The lowest BCUT2D eigenvalue weighted by Gasteiger charge is -2.26. The van der Waals surface area contributed by atoms with Gasteiger partial charge in [-0.1, -0.05) is 20.3 Å². The Kier molecular flexibility index (Phi) is 2.47. The summed E-state index contributed by atoms with van der Waals surface area (Å²) in [6.07, 6.45) is 4.40. The first-order chi connectivity index (χ1) is 4.75. The van der Waals surface area contributed by atoms with Crippen LogP contribution in [0.5, 0.6) is 0 Å². The highest BCUT2D eigenvalue weighted by molar-refractivity contribution is 5.81. The van der Waals surface area contributed by atoms with E-state index in [1.807, 2.05) is 0 Å². The summed E-state index contributed by atoms with van der Waals surface area (Å²) in [7, 11) is 0. The van der Waals surface area contributed by atoms with E-state index in [0.29, 0.717) is 17.6 Å². The Hall–Kier alpha value is -0.330. The quantitative estimate of drug-likeness (QED) is 0.546. The first-order valence-corrected chi connectivity index (χ1v) is 4.28. The number of rotatable bonds is 1. The summed E-state index contributed by atoms with van der Waals surface area (Å²) < 4.78 is 0. The molecule has 0 aromatic rings. The van der Waals surface area contributed by atoms with Gasteiger partial charge in [0.15, 0.2) is 0 Å². The molecule has 0 spiro atoms. The second-order valence-electron chi connectivity index (χ2n) is 3.32. The molecule has 1 saturated carbocycles. The van der Waals surface area contributed by atoms with E-state index in [9.17, 15) is 4.79 Å². The molecule has 0 unspecified atom stereocenters. The molecule has 0 radical (unpaired) electrons. The Morgan fingerprint density at radius 2 is 2.30 bits per heavy atom. The second kappa shape index (κ2) is 3.18. The number of hydrogen-bond acceptors (Lipinski definition) is 1. The molecule has 1 aliphatic carbocycles. The van der Waals surface area contributed by atoms with Crippen LogP contribution in [-0.2, 0) is 4.79 Å². The van der Waals surface area contributed by atoms with Crippen molar-refractivity contribution in [2.45, 2.75) is 39.5 Å². The molecule has 0 aromatic heterocycles. The molecular weight excluding hydrogens is 124 g/mol. The maximum absolute atomic E-state index is 11.2. The fourth-order valence-corrected chi connectivity index (χ4v) is 1.84. The van der Waals surface area contributed by atoms with Gasteiger partial charge in [-0.15, -0.1) is 0 Å². The van der Waals surface area contributed by atoms with Crippen LogP contribution in [0, 0.1) is 11.8 Å². The van der Waals surface area contributed by atoms with Crippen molar-refractivity contribution < 1.29 is 4.79 Å². The fourth-order valence-electron chi connectivity index (χ4n) is 1.84. The number of Topliss-reactive ketones (excluding diaryl/α,β-unsaturated/α-hetero) is 1. The van der Waals surface area contributed by atoms with E-state index in [0.717, 1.165) is 12.8 Å². The minimum absolute atomic E-state index is 0.346. The van der Waals surface area contributed by atoms with E-state index in [2.05, 4.69) is 13.8 Å². The van der Waals surface area contributed by atoms with Crippen LogP contribution in [0.15, 0.2) is 0 Å². The zero-order valence-corrected chi connectivity index (χ0v) is 6.89. The minimum atomic E-state index is 0.346. The van der Waals surface area contributed by atoms with Gasteiger partial charge < -0.3 is 0 Å². The largest absolute Gasteiger partial charge is 0.299 e. The van der Waals surface area contributed by atoms with Crippen LogP contribution < -0.4 is 0 Å². The van der Waals surface area contributed by atoms with Crippen LogP contribution in [0.25, 0.3) is 0 Å². The normalized spacial score (nSPS) is 34.4. The highest BCUT2D eigenvalue weighted by Crippen LogP contribution is 2.28. The first kappa shape index (κ1) is 7.77. The standard InChI is InChI=1S/C9H16O/c1-3-8-5-4-6-9(10)7(8)2/h7-8H,3-6H2,1-2H3/t7-,8+/m0/s1. The lowest BCUT2D eigenvalue weighted by molar-refractivity contribution is -0.126. The van der Waals surface area contributed by atoms with E-state index >= 15 is 0 Å². The van der Waals surface area contributed by atoms with Crippen molar-refractivity contribution in [3.8, 4) is 0 Å². The van der Waals surface area contributed by atoms with E-state index in [1.54, 1.807) is 0 Å². The van der Waals surface area contributed by atoms with Gasteiger partial charge in [-0.3, -0.25) is 4.79 Å². The Balaban J connectivity index is 2.51. The van der Waals surface area contributed by atoms with E-state index in [4.69, 9.17) is 0 Å². The molecule has 0 aliphatic heterocycles. The smallest absolute Gasteiger partial charge is 0.135 e. The van der Waals surface area contributed by atoms with Gasteiger partial charge in [-0.25, -0.2) is 0 Å². The van der Waals surface area contributed by atoms with Crippen molar-refractivity contribution in [2.24, 2.45) is 11.8 Å². The van der Waals surface area contributed by atoms with Gasteiger partial charge in [0.1, 0.15) is 5.78 Å². The van der Waals surface area contributed by atoms with Crippen molar-refractivity contribution in [1.82, 2.24) is 0 Å². The van der Waals surface area contributed by atoms with E-state index in [-0.39, 0.29) is 0 Å². The van der Waals surface area contributed by atoms with Gasteiger partial charge in [0.25, 0.3) is 0 Å². The lowest BCUT2D eigenvalue weighted by Crippen LogP contribution is -2.25. The molecule has 0 saturated heterocycles. The molecule has 2 atom stereocenters. The van der Waals surface area contributed by atoms with Crippen LogP contribution in [0.2, 0.25) is 0 Å². The van der Waals surface area contributed by atoms with Crippen molar-refractivity contribution in [3.05, 3.63) is 0 Å². The molecule has 1 rings (SSSR count). The summed E-state index contributed by atoms with van der Waals surface area (Å²) in [5.74, 6) is 1.51. The van der Waals surface area contributed by atoms with Gasteiger partial charge in [-0.2, -0.15) is 0 Å². The molecule has 1 nitrogen and oxygen atoms in total. The van der Waals surface area contributed by atoms with Crippen molar-refractivity contribution in [2.75, 3.05) is 0 Å². The van der Waals surface area contributed by atoms with Crippen LogP contribution in [-0.4, -0.2) is 5.78 Å². The third kappa shape index (κ3) is 1.39. The van der Waals surface area contributed by atoms with Crippen LogP contribution >= 0.6 is 0 Å². The number of carbonyl (C=O) groups excluding carboxylic acids is 1. The molecule has 0 bridgehead atoms. The average molecular weight is 140 g/mol. The molecule has 1 fully saturated rings. The SMILES string of the molecule is CC[C@@H]1CCCC(=O)[C@H]1C. The van der Waals surface area contributed by atoms with Crippen molar-refractivity contribution in [1.29, 1.82) is 0 Å². The van der Waals surface area contributed by atoms with E-state index < -0.39 is 0 Å². The monoisotopic (exact) mass is 140 g/mol. The number of hydrogen-bond donors (Lipinski definition) is 0. The predicted octanol–water partition coefficient (Wildman–Crippen LogP) is 2.40. The summed E-state index contributed by atoms with van der Waals surface area (Å²) in [5, 5.41) is 0. The summed E-state index contributed by atoms with van der Waals surface area (Å²) >= 11 is 0. The van der Waals surface area contributed by atoms with Gasteiger partial charge in [-0.05, 0) is 18.8 Å². The van der Waals surface area contributed by atoms with E-state index in [1.165, 1.54) is 12.8 Å². The molecule has 1 heteroatoms. The summed E-state index contributed by atoms with van der Waals surface area (Å²) in [5.41, 5.74) is 0. The molecule has 1 aliphatic rings. The van der Waals surface area contributed by atoms with Gasteiger partial charge in [0.05, 0.1) is 0 Å². The zero-order valence-electron chi connectivity index (χ0n) is 6.89. The highest BCUT2D eigenvalue weighted by Gasteiger charge is 2.25. The zero-order chi connectivity index (χ0) is 7.56. The Labute approximate surface area is 62.8 Å². The molecule has 0 N–H and O–H groups in total. The minimum Gasteiger partial charge on any atom is -0.299 e. The predicted molar refractivity (Wildman–Crippen MR) is 41.8 cm³/mol. The number of ketones is 1. The highest BCUT2D eigenvalue weighted by atomic mass is 16.1. The molecule has 10 heavy (non-hydrogen) atoms. The molecule has 0 amide bonds. The van der Waals surface area contributed by atoms with Gasteiger partial charge >= 0.3 is 0 Å². The Morgan fingerprint density at radius 1 is 1.60 bits per heavy atom. The third-order valence-corrected chi connectivity index (χ3v) is 2.74. The van der Waals surface area contributed by atoms with Gasteiger partial charge in [0, 0.05) is 12.3 Å². The summed E-state index contributed by atoms with van der Waals surface area (Å²) in [6, 6.07) is 0. The van der Waals surface area contributed by atoms with Crippen LogP contribution in [0.1, 0.15) is 39.5 Å². The molecule has 0 heterocycles. The fraction of sp³-hybridized carbons (Fsp3) is 0.889. The molecule has 0 aromatic carbocycles. The Morgan fingerprint density at radius 3 is 2.80 bits per heavy atom. The maximum Gasteiger partial charge on any atom is 0.135 e. The first-order valence-electron chi connectivity index (χ1n) is 4.28. The van der Waals surface area contributed by atoms with Crippen molar-refractivity contribution >= 4 is 5.78 Å². The second-order valence-corrected chi connectivity index (χ2v) is 3.32.